The summed E-state index contributed by atoms with van der Waals surface area (Å²) in [6, 6.07) is 0.327. The number of halogens is 1. The monoisotopic (exact) mass is 387 g/mol. The smallest absolute Gasteiger partial charge is 0.226 e. The Morgan fingerprint density at radius 3 is 2.62 bits per heavy atom. The van der Waals surface area contributed by atoms with E-state index in [2.05, 4.69) is 20.3 Å². The van der Waals surface area contributed by atoms with Crippen LogP contribution in [0.5, 0.6) is 0 Å². The number of aliphatic hydroxyl groups is 3. The largest absolute Gasteiger partial charge is 0.412 e. The third-order valence-corrected chi connectivity index (χ3v) is 5.05. The first-order valence-electron chi connectivity index (χ1n) is 8.37. The van der Waals surface area contributed by atoms with Gasteiger partial charge in [-0.3, -0.25) is 4.57 Å². The van der Waals surface area contributed by atoms with Crippen LogP contribution in [-0.2, 0) is 4.74 Å². The summed E-state index contributed by atoms with van der Waals surface area (Å²) in [7, 11) is 0. The summed E-state index contributed by atoms with van der Waals surface area (Å²) in [5.74, 6) is 0.549. The molecule has 2 aliphatic rings. The molecule has 10 nitrogen and oxygen atoms in total. The highest BCUT2D eigenvalue weighted by Crippen LogP contribution is 2.33. The predicted octanol–water partition coefficient (Wildman–Crippen LogP) is -0.379. The summed E-state index contributed by atoms with van der Waals surface area (Å²) in [6.07, 6.45) is 1.77. The van der Waals surface area contributed by atoms with Crippen molar-refractivity contribution in [2.75, 3.05) is 11.9 Å². The van der Waals surface area contributed by atoms with Gasteiger partial charge in [-0.1, -0.05) is 12.8 Å². The maximum Gasteiger partial charge on any atom is 0.226 e. The molecule has 0 bridgehead atoms. The molecule has 0 spiro atoms. The van der Waals surface area contributed by atoms with Gasteiger partial charge in [0.15, 0.2) is 23.2 Å². The van der Waals surface area contributed by atoms with E-state index in [-0.39, 0.29) is 10.8 Å². The van der Waals surface area contributed by atoms with Crippen LogP contribution in [-0.4, -0.2) is 71.3 Å². The van der Waals surface area contributed by atoms with Gasteiger partial charge in [0.05, 0.1) is 12.9 Å². The van der Waals surface area contributed by atoms with Crippen molar-refractivity contribution in [2.45, 2.75) is 56.3 Å². The summed E-state index contributed by atoms with van der Waals surface area (Å²) >= 11 is 6.07. The molecule has 11 heteroatoms. The number of fused-ring (bicyclic) bond motifs is 1. The number of imidazole rings is 1. The van der Waals surface area contributed by atoms with Crippen LogP contribution in [0.1, 0.15) is 31.9 Å². The van der Waals surface area contributed by atoms with Gasteiger partial charge in [-0.25, -0.2) is 4.98 Å². The molecule has 1 saturated carbocycles. The lowest BCUT2D eigenvalue weighted by molar-refractivity contribution is -0.0511. The summed E-state index contributed by atoms with van der Waals surface area (Å²) < 4.78 is 7.06. The molecule has 0 unspecified atom stereocenters. The molecule has 4 atom stereocenters. The van der Waals surface area contributed by atoms with E-state index in [0.717, 1.165) is 12.8 Å². The second-order valence-electron chi connectivity index (χ2n) is 6.52. The summed E-state index contributed by atoms with van der Waals surface area (Å²) in [5, 5.41) is 32.9. The molecule has 26 heavy (non-hydrogen) atoms. The predicted molar refractivity (Wildman–Crippen MR) is 92.8 cm³/mol. The van der Waals surface area contributed by atoms with E-state index in [9.17, 15) is 15.3 Å². The standard InChI is InChI=1S/C15H20ClN5O4.H2O/c16-15-19-12(18-7-3-1-2-4-7)9-13(20-15)21(6-17-9)14-11(24)10(23)8(5-22)25-14;/h6-8,10-11,14,22-24H,1-5H2,(H,18,19,20);1H2/t8-,10-,11-,14-;/m1./s1. The number of hydrogen-bond donors (Lipinski definition) is 4. The van der Waals surface area contributed by atoms with Crippen LogP contribution in [0.4, 0.5) is 5.82 Å². The van der Waals surface area contributed by atoms with Crippen LogP contribution >= 0.6 is 11.6 Å². The number of hydrogen-bond acceptors (Lipinski definition) is 8. The summed E-state index contributed by atoms with van der Waals surface area (Å²) in [6.45, 7) is -0.397. The molecule has 2 aromatic heterocycles. The van der Waals surface area contributed by atoms with Gasteiger partial charge in [-0.15, -0.1) is 0 Å². The topological polar surface area (TPSA) is 157 Å². The van der Waals surface area contributed by atoms with E-state index in [1.54, 1.807) is 0 Å². The Balaban J connectivity index is 0.00000196. The normalized spacial score (nSPS) is 29.2. The quantitative estimate of drug-likeness (QED) is 0.517. The highest BCUT2D eigenvalue weighted by molar-refractivity contribution is 6.28. The van der Waals surface area contributed by atoms with E-state index in [4.69, 9.17) is 16.3 Å². The first-order valence-corrected chi connectivity index (χ1v) is 8.75. The minimum absolute atomic E-state index is 0. The Morgan fingerprint density at radius 1 is 1.23 bits per heavy atom. The summed E-state index contributed by atoms with van der Waals surface area (Å²) in [4.78, 5) is 12.8. The zero-order chi connectivity index (χ0) is 17.6. The minimum Gasteiger partial charge on any atom is -0.412 e. The second-order valence-corrected chi connectivity index (χ2v) is 6.86. The van der Waals surface area contributed by atoms with Crippen LogP contribution in [0.3, 0.4) is 0 Å². The molecular weight excluding hydrogens is 366 g/mol. The van der Waals surface area contributed by atoms with Gasteiger partial charge in [0, 0.05) is 6.04 Å². The lowest BCUT2D eigenvalue weighted by Crippen LogP contribution is -2.33. The number of ether oxygens (including phenoxy) is 1. The van der Waals surface area contributed by atoms with Gasteiger partial charge in [-0.2, -0.15) is 9.97 Å². The minimum atomic E-state index is -1.21. The van der Waals surface area contributed by atoms with Crippen molar-refractivity contribution in [2.24, 2.45) is 0 Å². The number of nitrogens with zero attached hydrogens (tertiary/aromatic N) is 4. The Bertz CT molecular complexity index is 768. The highest BCUT2D eigenvalue weighted by Gasteiger charge is 2.44. The number of rotatable bonds is 4. The van der Waals surface area contributed by atoms with Gasteiger partial charge in [0.25, 0.3) is 0 Å². The third-order valence-electron chi connectivity index (χ3n) is 4.88. The van der Waals surface area contributed by atoms with Gasteiger partial charge < -0.3 is 30.8 Å². The molecule has 1 aliphatic carbocycles. The second kappa shape index (κ2) is 7.59. The van der Waals surface area contributed by atoms with Gasteiger partial charge in [0.1, 0.15) is 18.3 Å². The highest BCUT2D eigenvalue weighted by atomic mass is 35.5. The number of nitrogens with one attached hydrogen (secondary N) is 1. The molecule has 0 radical (unpaired) electrons. The fraction of sp³-hybridized carbons (Fsp3) is 0.667. The Labute approximate surface area is 154 Å². The van der Waals surface area contributed by atoms with Crippen LogP contribution in [0, 0.1) is 0 Å². The Hall–Kier alpha value is -1.56. The summed E-state index contributed by atoms with van der Waals surface area (Å²) in [5.41, 5.74) is 0.921. The molecule has 144 valence electrons. The molecule has 0 amide bonds. The number of anilines is 1. The molecule has 1 saturated heterocycles. The molecule has 2 fully saturated rings. The van der Waals surface area contributed by atoms with Crippen molar-refractivity contribution in [1.29, 1.82) is 0 Å². The van der Waals surface area contributed by atoms with Gasteiger partial charge in [0.2, 0.25) is 5.28 Å². The Morgan fingerprint density at radius 2 is 1.96 bits per heavy atom. The molecular formula is C15H22ClN5O5. The molecule has 1 aliphatic heterocycles. The first kappa shape index (κ1) is 19.2. The number of aromatic nitrogens is 4. The molecule has 6 N–H and O–H groups in total. The molecule has 2 aromatic rings. The van der Waals surface area contributed by atoms with E-state index >= 15 is 0 Å². The van der Waals surface area contributed by atoms with Crippen LogP contribution < -0.4 is 5.32 Å². The van der Waals surface area contributed by atoms with Crippen LogP contribution in [0.15, 0.2) is 6.33 Å². The lowest BCUT2D eigenvalue weighted by Gasteiger charge is -2.17. The van der Waals surface area contributed by atoms with E-state index in [1.165, 1.54) is 23.7 Å². The van der Waals surface area contributed by atoms with Crippen LogP contribution in [0.25, 0.3) is 11.2 Å². The maximum absolute atomic E-state index is 10.2. The fourth-order valence-electron chi connectivity index (χ4n) is 3.55. The van der Waals surface area contributed by atoms with Crippen molar-refractivity contribution in [1.82, 2.24) is 19.5 Å². The molecule has 3 heterocycles. The molecule has 4 rings (SSSR count). The first-order chi connectivity index (χ1) is 12.1. The fourth-order valence-corrected chi connectivity index (χ4v) is 3.71. The zero-order valence-corrected chi connectivity index (χ0v) is 14.7. The van der Waals surface area contributed by atoms with E-state index in [1.807, 2.05) is 0 Å². The van der Waals surface area contributed by atoms with E-state index in [0.29, 0.717) is 23.0 Å². The Kier molecular flexibility index (Phi) is 5.61. The van der Waals surface area contributed by atoms with Gasteiger partial charge in [-0.05, 0) is 24.4 Å². The van der Waals surface area contributed by atoms with Crippen molar-refractivity contribution in [3.63, 3.8) is 0 Å². The van der Waals surface area contributed by atoms with E-state index < -0.39 is 31.1 Å². The SMILES string of the molecule is O.OC[C@H]1O[C@@H](n2cnc3c(NC4CCCC4)nc(Cl)nc32)[C@H](O)[C@@H]1O. The average molecular weight is 388 g/mol. The van der Waals surface area contributed by atoms with Crippen molar-refractivity contribution >= 4 is 28.6 Å². The average Bonchev–Trinajstić information content (AvgIpc) is 3.29. The van der Waals surface area contributed by atoms with Crippen LogP contribution in [0.2, 0.25) is 5.28 Å². The maximum atomic E-state index is 10.2. The third kappa shape index (κ3) is 3.24. The van der Waals surface area contributed by atoms with Gasteiger partial charge >= 0.3 is 0 Å². The van der Waals surface area contributed by atoms with Crippen molar-refractivity contribution in [3.8, 4) is 0 Å². The van der Waals surface area contributed by atoms with Crippen molar-refractivity contribution < 1.29 is 25.5 Å². The zero-order valence-electron chi connectivity index (χ0n) is 13.9. The number of aliphatic hydroxyl groups excluding tert-OH is 3. The molecule has 0 aromatic carbocycles. The van der Waals surface area contributed by atoms with Crippen molar-refractivity contribution in [3.05, 3.63) is 11.6 Å². The lowest BCUT2D eigenvalue weighted by atomic mass is 10.1.